The summed E-state index contributed by atoms with van der Waals surface area (Å²) in [6.45, 7) is 4.44. The first-order chi connectivity index (χ1) is 13.1. The molecule has 1 aromatic carbocycles. The number of aryl methyl sites for hydroxylation is 1. The van der Waals surface area contributed by atoms with Gasteiger partial charge in [0, 0.05) is 31.6 Å². The minimum Gasteiger partial charge on any atom is -0.492 e. The minimum atomic E-state index is -0.407. The quantitative estimate of drug-likeness (QED) is 0.527. The standard InChI is InChI=1S/C17H19N5O4S/c1-2-13-18-17-21(19-13)16(23)15(27-17)14(20-6-8-26-9-7-20)11-4-3-5-12(10-11)22(24)25/h3-5,10,14,23H,2,6-9H2,1H3. The summed E-state index contributed by atoms with van der Waals surface area (Å²) in [4.78, 5) is 18.7. The number of nitro benzene ring substituents is 1. The van der Waals surface area contributed by atoms with Crippen molar-refractivity contribution in [3.05, 3.63) is 50.6 Å². The van der Waals surface area contributed by atoms with Gasteiger partial charge in [-0.3, -0.25) is 15.0 Å². The van der Waals surface area contributed by atoms with Crippen molar-refractivity contribution >= 4 is 22.0 Å². The Hall–Kier alpha value is -2.56. The number of hydrogen-bond acceptors (Lipinski definition) is 8. The van der Waals surface area contributed by atoms with Crippen LogP contribution in [-0.4, -0.2) is 55.8 Å². The predicted molar refractivity (Wildman–Crippen MR) is 99.2 cm³/mol. The van der Waals surface area contributed by atoms with Crippen LogP contribution in [-0.2, 0) is 11.2 Å². The number of ether oxygens (including phenoxy) is 1. The van der Waals surface area contributed by atoms with Gasteiger partial charge in [-0.2, -0.15) is 4.52 Å². The number of thiazole rings is 1. The SMILES string of the molecule is CCc1nc2sc(C(c3cccc([N+](=O)[O-])c3)N3CCOCC3)c(O)n2n1. The van der Waals surface area contributed by atoms with Gasteiger partial charge in [-0.25, -0.2) is 4.98 Å². The molecule has 0 radical (unpaired) electrons. The Morgan fingerprint density at radius 3 is 2.85 bits per heavy atom. The predicted octanol–water partition coefficient (Wildman–Crippen LogP) is 2.39. The largest absolute Gasteiger partial charge is 0.492 e. The van der Waals surface area contributed by atoms with Gasteiger partial charge in [-0.05, 0) is 5.56 Å². The van der Waals surface area contributed by atoms with Crippen LogP contribution in [0, 0.1) is 10.1 Å². The maximum absolute atomic E-state index is 11.2. The third-order valence-electron chi connectivity index (χ3n) is 4.62. The van der Waals surface area contributed by atoms with Gasteiger partial charge in [0.15, 0.2) is 5.82 Å². The molecule has 1 fully saturated rings. The fraction of sp³-hybridized carbons (Fsp3) is 0.412. The summed E-state index contributed by atoms with van der Waals surface area (Å²) >= 11 is 1.36. The van der Waals surface area contributed by atoms with Gasteiger partial charge in [0.1, 0.15) is 0 Å². The Kier molecular flexibility index (Phi) is 4.77. The lowest BCUT2D eigenvalue weighted by Crippen LogP contribution is -2.39. The summed E-state index contributed by atoms with van der Waals surface area (Å²) in [6, 6.07) is 6.22. The van der Waals surface area contributed by atoms with Crippen LogP contribution < -0.4 is 0 Å². The van der Waals surface area contributed by atoms with Crippen molar-refractivity contribution in [1.29, 1.82) is 0 Å². The number of rotatable bonds is 5. The van der Waals surface area contributed by atoms with Crippen molar-refractivity contribution in [3.63, 3.8) is 0 Å². The lowest BCUT2D eigenvalue weighted by Gasteiger charge is -2.34. The van der Waals surface area contributed by atoms with Crippen molar-refractivity contribution in [2.45, 2.75) is 19.4 Å². The summed E-state index contributed by atoms with van der Waals surface area (Å²) in [5, 5.41) is 26.4. The first-order valence-corrected chi connectivity index (χ1v) is 9.53. The third-order valence-corrected chi connectivity index (χ3v) is 5.69. The first kappa shape index (κ1) is 17.8. The zero-order valence-corrected chi connectivity index (χ0v) is 15.6. The van der Waals surface area contributed by atoms with E-state index >= 15 is 0 Å². The van der Waals surface area contributed by atoms with Crippen LogP contribution in [0.5, 0.6) is 5.88 Å². The highest BCUT2D eigenvalue weighted by Crippen LogP contribution is 2.40. The van der Waals surface area contributed by atoms with Crippen molar-refractivity contribution in [1.82, 2.24) is 19.5 Å². The van der Waals surface area contributed by atoms with Crippen molar-refractivity contribution in [2.75, 3.05) is 26.3 Å². The van der Waals surface area contributed by atoms with Crippen LogP contribution in [0.3, 0.4) is 0 Å². The molecular formula is C17H19N5O4S. The van der Waals surface area contributed by atoms with Crippen LogP contribution in [0.4, 0.5) is 5.69 Å². The van der Waals surface area contributed by atoms with E-state index in [0.29, 0.717) is 48.4 Å². The summed E-state index contributed by atoms with van der Waals surface area (Å²) in [6.07, 6.45) is 0.681. The highest BCUT2D eigenvalue weighted by Gasteiger charge is 2.31. The second-order valence-electron chi connectivity index (χ2n) is 6.27. The second-order valence-corrected chi connectivity index (χ2v) is 7.28. The van der Waals surface area contributed by atoms with Crippen molar-refractivity contribution < 1.29 is 14.8 Å². The Morgan fingerprint density at radius 2 is 2.19 bits per heavy atom. The molecule has 0 saturated carbocycles. The van der Waals surface area contributed by atoms with Gasteiger partial charge in [0.2, 0.25) is 10.8 Å². The number of benzene rings is 1. The molecule has 1 N–H and O–H groups in total. The normalized spacial score (nSPS) is 16.6. The lowest BCUT2D eigenvalue weighted by atomic mass is 10.0. The number of morpholine rings is 1. The van der Waals surface area contributed by atoms with Crippen LogP contribution in [0.15, 0.2) is 24.3 Å². The average molecular weight is 389 g/mol. The van der Waals surface area contributed by atoms with E-state index in [-0.39, 0.29) is 17.6 Å². The number of nitro groups is 1. The summed E-state index contributed by atoms with van der Waals surface area (Å²) in [5.74, 6) is 0.701. The van der Waals surface area contributed by atoms with Gasteiger partial charge in [0.05, 0.1) is 29.1 Å². The van der Waals surface area contributed by atoms with E-state index in [4.69, 9.17) is 4.74 Å². The second kappa shape index (κ2) is 7.22. The van der Waals surface area contributed by atoms with E-state index in [2.05, 4.69) is 15.0 Å². The van der Waals surface area contributed by atoms with Crippen molar-refractivity contribution in [3.8, 4) is 5.88 Å². The van der Waals surface area contributed by atoms with Gasteiger partial charge < -0.3 is 9.84 Å². The molecule has 3 aromatic rings. The number of nitrogens with zero attached hydrogens (tertiary/aromatic N) is 5. The van der Waals surface area contributed by atoms with Crippen LogP contribution in [0.2, 0.25) is 0 Å². The van der Waals surface area contributed by atoms with E-state index in [9.17, 15) is 15.2 Å². The molecule has 0 amide bonds. The van der Waals surface area contributed by atoms with Gasteiger partial charge >= 0.3 is 0 Å². The number of fused-ring (bicyclic) bond motifs is 1. The summed E-state index contributed by atoms with van der Waals surface area (Å²) in [5.41, 5.74) is 0.777. The molecule has 9 nitrogen and oxygen atoms in total. The number of non-ortho nitro benzene ring substituents is 1. The first-order valence-electron chi connectivity index (χ1n) is 8.72. The van der Waals surface area contributed by atoms with E-state index in [1.165, 1.54) is 21.9 Å². The highest BCUT2D eigenvalue weighted by atomic mass is 32.1. The van der Waals surface area contributed by atoms with E-state index in [1.54, 1.807) is 12.1 Å². The number of aromatic nitrogens is 3. The molecule has 0 spiro atoms. The maximum atomic E-state index is 11.2. The highest BCUT2D eigenvalue weighted by molar-refractivity contribution is 7.17. The molecule has 1 aliphatic heterocycles. The summed E-state index contributed by atoms with van der Waals surface area (Å²) in [7, 11) is 0. The molecule has 1 unspecified atom stereocenters. The molecule has 10 heteroatoms. The van der Waals surface area contributed by atoms with Gasteiger partial charge in [-0.15, -0.1) is 5.10 Å². The van der Waals surface area contributed by atoms with Gasteiger partial charge in [-0.1, -0.05) is 30.4 Å². The molecule has 27 heavy (non-hydrogen) atoms. The Morgan fingerprint density at radius 1 is 1.41 bits per heavy atom. The molecule has 2 aromatic heterocycles. The molecule has 3 heterocycles. The minimum absolute atomic E-state index is 0.0259. The Labute approximate surface area is 159 Å². The van der Waals surface area contributed by atoms with E-state index in [0.717, 1.165) is 5.56 Å². The molecular weight excluding hydrogens is 370 g/mol. The smallest absolute Gasteiger partial charge is 0.269 e. The topological polar surface area (TPSA) is 106 Å². The molecule has 0 bridgehead atoms. The van der Waals surface area contributed by atoms with Crippen LogP contribution in [0.25, 0.3) is 4.96 Å². The van der Waals surface area contributed by atoms with Crippen LogP contribution >= 0.6 is 11.3 Å². The molecule has 1 atom stereocenters. The summed E-state index contributed by atoms with van der Waals surface area (Å²) < 4.78 is 6.90. The third kappa shape index (κ3) is 3.27. The van der Waals surface area contributed by atoms with E-state index in [1.807, 2.05) is 13.0 Å². The Balaban J connectivity index is 1.83. The Bertz CT molecular complexity index is 979. The fourth-order valence-electron chi connectivity index (χ4n) is 3.29. The maximum Gasteiger partial charge on any atom is 0.269 e. The zero-order valence-electron chi connectivity index (χ0n) is 14.7. The fourth-order valence-corrected chi connectivity index (χ4v) is 4.43. The van der Waals surface area contributed by atoms with Gasteiger partial charge in [0.25, 0.3) is 5.69 Å². The van der Waals surface area contributed by atoms with E-state index < -0.39 is 4.92 Å². The molecule has 0 aliphatic carbocycles. The number of aromatic hydroxyl groups is 1. The van der Waals surface area contributed by atoms with Crippen molar-refractivity contribution in [2.24, 2.45) is 0 Å². The van der Waals surface area contributed by atoms with Crippen LogP contribution in [0.1, 0.15) is 29.2 Å². The number of hydrogen-bond donors (Lipinski definition) is 1. The average Bonchev–Trinajstić information content (AvgIpc) is 3.23. The molecule has 142 valence electrons. The molecule has 1 saturated heterocycles. The molecule has 1 aliphatic rings. The molecule has 4 rings (SSSR count). The monoisotopic (exact) mass is 389 g/mol. The lowest BCUT2D eigenvalue weighted by molar-refractivity contribution is -0.384. The zero-order chi connectivity index (χ0) is 19.0.